The van der Waals surface area contributed by atoms with E-state index in [1.165, 1.54) is 50.8 Å². The molecule has 3 rings (SSSR count). The highest BCUT2D eigenvalue weighted by Crippen LogP contribution is 2.36. The Morgan fingerprint density at radius 2 is 1.87 bits per heavy atom. The summed E-state index contributed by atoms with van der Waals surface area (Å²) < 4.78 is 0. The second-order valence-electron chi connectivity index (χ2n) is 7.31. The number of hydrogen-bond acceptors (Lipinski definition) is 2. The van der Waals surface area contributed by atoms with E-state index in [0.717, 1.165) is 13.0 Å². The van der Waals surface area contributed by atoms with E-state index in [1.807, 2.05) is 0 Å². The van der Waals surface area contributed by atoms with E-state index in [1.54, 1.807) is 0 Å². The van der Waals surface area contributed by atoms with Gasteiger partial charge in [0, 0.05) is 18.5 Å². The average Bonchev–Trinajstić information content (AvgIpc) is 3.44. The van der Waals surface area contributed by atoms with Gasteiger partial charge in [0.05, 0.1) is 0 Å². The first-order valence-corrected chi connectivity index (χ1v) is 9.29. The fraction of sp³-hybridized carbons (Fsp3) is 0.650. The minimum atomic E-state index is 0.189. The first-order valence-electron chi connectivity index (χ1n) is 9.29. The van der Waals surface area contributed by atoms with Gasteiger partial charge in [0.1, 0.15) is 0 Å². The molecule has 1 aliphatic carbocycles. The van der Waals surface area contributed by atoms with Gasteiger partial charge < -0.3 is 5.32 Å². The Morgan fingerprint density at radius 1 is 1.17 bits per heavy atom. The van der Waals surface area contributed by atoms with E-state index in [-0.39, 0.29) is 11.8 Å². The van der Waals surface area contributed by atoms with Crippen molar-refractivity contribution >= 4 is 5.91 Å². The standard InChI is InChI=1S/C20H30N2O/c1-16(18-10-11-18)20(23)21-15-19(22-12-6-3-7-13-22)14-17-8-4-2-5-9-17/h2,4-5,8-9,16,18-19H,3,6-7,10-15H2,1H3,(H,21,23). The molecule has 0 radical (unpaired) electrons. The van der Waals surface area contributed by atoms with Crippen molar-refractivity contribution in [3.63, 3.8) is 0 Å². The van der Waals surface area contributed by atoms with Gasteiger partial charge in [-0.2, -0.15) is 0 Å². The lowest BCUT2D eigenvalue weighted by Gasteiger charge is -2.35. The van der Waals surface area contributed by atoms with E-state index in [2.05, 4.69) is 47.5 Å². The zero-order valence-corrected chi connectivity index (χ0v) is 14.3. The molecule has 0 spiro atoms. The minimum absolute atomic E-state index is 0.189. The number of hydrogen-bond donors (Lipinski definition) is 1. The molecule has 0 bridgehead atoms. The van der Waals surface area contributed by atoms with Gasteiger partial charge in [-0.15, -0.1) is 0 Å². The maximum Gasteiger partial charge on any atom is 0.223 e. The van der Waals surface area contributed by atoms with Crippen molar-refractivity contribution in [2.45, 2.75) is 51.5 Å². The zero-order valence-electron chi connectivity index (χ0n) is 14.3. The van der Waals surface area contributed by atoms with Crippen LogP contribution in [0.2, 0.25) is 0 Å². The molecular weight excluding hydrogens is 284 g/mol. The molecule has 1 amide bonds. The number of nitrogens with zero attached hydrogens (tertiary/aromatic N) is 1. The molecule has 1 heterocycles. The fourth-order valence-electron chi connectivity index (χ4n) is 3.69. The number of piperidine rings is 1. The topological polar surface area (TPSA) is 32.3 Å². The van der Waals surface area contributed by atoms with E-state index >= 15 is 0 Å². The van der Waals surface area contributed by atoms with Crippen molar-refractivity contribution in [2.75, 3.05) is 19.6 Å². The first-order chi connectivity index (χ1) is 11.2. The Balaban J connectivity index is 1.58. The van der Waals surface area contributed by atoms with Gasteiger partial charge in [-0.25, -0.2) is 0 Å². The molecule has 0 aromatic heterocycles. The molecule has 1 saturated heterocycles. The summed E-state index contributed by atoms with van der Waals surface area (Å²) in [6.45, 7) is 5.21. The molecule has 1 aromatic carbocycles. The van der Waals surface area contributed by atoms with Crippen molar-refractivity contribution in [3.05, 3.63) is 35.9 Å². The van der Waals surface area contributed by atoms with Crippen LogP contribution in [0, 0.1) is 11.8 Å². The van der Waals surface area contributed by atoms with E-state index in [9.17, 15) is 4.79 Å². The van der Waals surface area contributed by atoms with Gasteiger partial charge in [0.15, 0.2) is 0 Å². The van der Waals surface area contributed by atoms with Gasteiger partial charge in [-0.05, 0) is 56.7 Å². The lowest BCUT2D eigenvalue weighted by Crippen LogP contribution is -2.48. The van der Waals surface area contributed by atoms with Crippen molar-refractivity contribution in [1.29, 1.82) is 0 Å². The Labute approximate surface area is 140 Å². The molecule has 2 atom stereocenters. The van der Waals surface area contributed by atoms with Crippen LogP contribution in [0.3, 0.4) is 0 Å². The summed E-state index contributed by atoms with van der Waals surface area (Å²) in [5.74, 6) is 1.08. The van der Waals surface area contributed by atoms with Crippen LogP contribution in [-0.4, -0.2) is 36.5 Å². The van der Waals surface area contributed by atoms with Gasteiger partial charge in [-0.1, -0.05) is 43.7 Å². The number of carbonyl (C=O) groups excluding carboxylic acids is 1. The van der Waals surface area contributed by atoms with Crippen LogP contribution in [0.25, 0.3) is 0 Å². The number of nitrogens with one attached hydrogen (secondary N) is 1. The third kappa shape index (κ3) is 4.81. The first kappa shape index (κ1) is 16.5. The Kier molecular flexibility index (Phi) is 5.71. The Hall–Kier alpha value is -1.35. The number of benzene rings is 1. The summed E-state index contributed by atoms with van der Waals surface area (Å²) in [6, 6.07) is 11.1. The maximum atomic E-state index is 12.3. The van der Waals surface area contributed by atoms with Gasteiger partial charge in [-0.3, -0.25) is 9.69 Å². The summed E-state index contributed by atoms with van der Waals surface area (Å²) in [5, 5.41) is 3.24. The predicted octanol–water partition coefficient (Wildman–Crippen LogP) is 3.25. The summed E-state index contributed by atoms with van der Waals surface area (Å²) in [7, 11) is 0. The second kappa shape index (κ2) is 7.96. The summed E-state index contributed by atoms with van der Waals surface area (Å²) >= 11 is 0. The highest BCUT2D eigenvalue weighted by atomic mass is 16.1. The van der Waals surface area contributed by atoms with Crippen molar-refractivity contribution in [2.24, 2.45) is 11.8 Å². The molecule has 126 valence electrons. The van der Waals surface area contributed by atoms with Crippen molar-refractivity contribution in [1.82, 2.24) is 10.2 Å². The normalized spacial score (nSPS) is 21.6. The third-order valence-corrected chi connectivity index (χ3v) is 5.48. The smallest absolute Gasteiger partial charge is 0.223 e. The van der Waals surface area contributed by atoms with Gasteiger partial charge >= 0.3 is 0 Å². The van der Waals surface area contributed by atoms with Crippen molar-refractivity contribution in [3.8, 4) is 0 Å². The molecule has 3 nitrogen and oxygen atoms in total. The summed E-state index contributed by atoms with van der Waals surface area (Å²) in [6.07, 6.45) is 7.41. The van der Waals surface area contributed by atoms with Crippen LogP contribution >= 0.6 is 0 Å². The van der Waals surface area contributed by atoms with Crippen LogP contribution in [0.5, 0.6) is 0 Å². The number of amides is 1. The molecule has 1 N–H and O–H groups in total. The maximum absolute atomic E-state index is 12.3. The zero-order chi connectivity index (χ0) is 16.1. The molecule has 3 heteroatoms. The quantitative estimate of drug-likeness (QED) is 0.838. The third-order valence-electron chi connectivity index (χ3n) is 5.48. The minimum Gasteiger partial charge on any atom is -0.354 e. The van der Waals surface area contributed by atoms with Gasteiger partial charge in [0.2, 0.25) is 5.91 Å². The van der Waals surface area contributed by atoms with Crippen LogP contribution in [0.1, 0.15) is 44.6 Å². The molecule has 1 saturated carbocycles. The number of carbonyl (C=O) groups is 1. The highest BCUT2D eigenvalue weighted by molar-refractivity contribution is 5.78. The van der Waals surface area contributed by atoms with E-state index < -0.39 is 0 Å². The van der Waals surface area contributed by atoms with Gasteiger partial charge in [0.25, 0.3) is 0 Å². The highest BCUT2D eigenvalue weighted by Gasteiger charge is 2.33. The summed E-state index contributed by atoms with van der Waals surface area (Å²) in [4.78, 5) is 14.9. The second-order valence-corrected chi connectivity index (χ2v) is 7.31. The SMILES string of the molecule is CC(C(=O)NCC(Cc1ccccc1)N1CCCCC1)C1CC1. The lowest BCUT2D eigenvalue weighted by molar-refractivity contribution is -0.125. The van der Waals surface area contributed by atoms with Crippen LogP contribution < -0.4 is 5.32 Å². The van der Waals surface area contributed by atoms with Crippen LogP contribution in [-0.2, 0) is 11.2 Å². The molecular formula is C20H30N2O. The average molecular weight is 314 g/mol. The molecule has 2 unspecified atom stereocenters. The molecule has 2 fully saturated rings. The molecule has 2 aliphatic rings. The number of rotatable bonds is 7. The molecule has 23 heavy (non-hydrogen) atoms. The van der Waals surface area contributed by atoms with Crippen LogP contribution in [0.15, 0.2) is 30.3 Å². The van der Waals surface area contributed by atoms with E-state index in [4.69, 9.17) is 0 Å². The van der Waals surface area contributed by atoms with Crippen LogP contribution in [0.4, 0.5) is 0 Å². The number of likely N-dealkylation sites (tertiary alicyclic amines) is 1. The van der Waals surface area contributed by atoms with Crippen molar-refractivity contribution < 1.29 is 4.79 Å². The lowest BCUT2D eigenvalue weighted by atomic mass is 10.0. The molecule has 1 aromatic rings. The summed E-state index contributed by atoms with van der Waals surface area (Å²) in [5.41, 5.74) is 1.37. The Morgan fingerprint density at radius 3 is 2.52 bits per heavy atom. The predicted molar refractivity (Wildman–Crippen MR) is 94.3 cm³/mol. The largest absolute Gasteiger partial charge is 0.354 e. The van der Waals surface area contributed by atoms with E-state index in [0.29, 0.717) is 12.0 Å². The fourth-order valence-corrected chi connectivity index (χ4v) is 3.69. The Bertz CT molecular complexity index is 492. The molecule has 1 aliphatic heterocycles. The monoisotopic (exact) mass is 314 g/mol.